The molecule has 0 spiro atoms. The molecule has 0 aliphatic carbocycles. The fraction of sp³-hybridized carbons (Fsp3) is 0.231. The van der Waals surface area contributed by atoms with Crippen molar-refractivity contribution in [1.82, 2.24) is 19.9 Å². The van der Waals surface area contributed by atoms with Crippen LogP contribution in [-0.4, -0.2) is 19.9 Å². The minimum atomic E-state index is -4.72. The molecule has 0 saturated heterocycles. The maximum atomic E-state index is 12.4. The fourth-order valence-electron chi connectivity index (χ4n) is 1.89. The van der Waals surface area contributed by atoms with E-state index >= 15 is 0 Å². The molecule has 3 rings (SSSR count). The molecule has 0 aliphatic rings. The first-order valence-electron chi connectivity index (χ1n) is 6.43. The third-order valence-corrected chi connectivity index (χ3v) is 3.05. The van der Waals surface area contributed by atoms with E-state index in [9.17, 15) is 18.0 Å². The molecule has 0 saturated carbocycles. The van der Waals surface area contributed by atoms with Gasteiger partial charge >= 0.3 is 12.1 Å². The van der Waals surface area contributed by atoms with Crippen LogP contribution in [0, 0.1) is 0 Å². The maximum absolute atomic E-state index is 12.4. The molecule has 10 heteroatoms. The first kappa shape index (κ1) is 15.0. The zero-order chi connectivity index (χ0) is 16.4. The molecule has 0 bridgehead atoms. The predicted octanol–water partition coefficient (Wildman–Crippen LogP) is 2.15. The van der Waals surface area contributed by atoms with Gasteiger partial charge in [-0.3, -0.25) is 4.79 Å². The zero-order valence-corrected chi connectivity index (χ0v) is 11.4. The lowest BCUT2D eigenvalue weighted by molar-refractivity contribution is -0.159. The van der Waals surface area contributed by atoms with Crippen LogP contribution in [0.25, 0.3) is 11.4 Å². The van der Waals surface area contributed by atoms with Crippen molar-refractivity contribution >= 4 is 0 Å². The van der Waals surface area contributed by atoms with Crippen LogP contribution in [-0.2, 0) is 19.1 Å². The minimum Gasteiger partial charge on any atom is -0.364 e. The highest BCUT2D eigenvalue weighted by molar-refractivity contribution is 5.52. The van der Waals surface area contributed by atoms with Gasteiger partial charge in [-0.1, -0.05) is 10.3 Å². The largest absolute Gasteiger partial charge is 0.471 e. The van der Waals surface area contributed by atoms with Gasteiger partial charge in [-0.25, -0.2) is 0 Å². The fourth-order valence-corrected chi connectivity index (χ4v) is 1.89. The molecule has 0 N–H and O–H groups in total. The molecule has 0 aromatic carbocycles. The number of nitrogens with zero attached hydrogens (tertiary/aromatic N) is 4. The summed E-state index contributed by atoms with van der Waals surface area (Å²) >= 11 is 0. The van der Waals surface area contributed by atoms with Crippen LogP contribution in [0.15, 0.2) is 44.6 Å². The van der Waals surface area contributed by atoms with Crippen LogP contribution >= 0.6 is 0 Å². The van der Waals surface area contributed by atoms with E-state index in [0.29, 0.717) is 13.0 Å². The Bertz CT molecular complexity index is 852. The van der Waals surface area contributed by atoms with E-state index in [1.54, 1.807) is 0 Å². The lowest BCUT2D eigenvalue weighted by atomic mass is 10.2. The summed E-state index contributed by atoms with van der Waals surface area (Å²) < 4.78 is 47.5. The first-order chi connectivity index (χ1) is 10.9. The van der Waals surface area contributed by atoms with Crippen LogP contribution in [0.2, 0.25) is 0 Å². The molecule has 3 aromatic heterocycles. The van der Waals surface area contributed by atoms with Crippen molar-refractivity contribution in [2.45, 2.75) is 19.1 Å². The maximum Gasteiger partial charge on any atom is 0.471 e. The summed E-state index contributed by atoms with van der Waals surface area (Å²) in [4.78, 5) is 15.2. The van der Waals surface area contributed by atoms with Gasteiger partial charge in [-0.15, -0.1) is 0 Å². The van der Waals surface area contributed by atoms with Crippen molar-refractivity contribution < 1.29 is 22.2 Å². The van der Waals surface area contributed by atoms with Gasteiger partial charge in [0, 0.05) is 29.9 Å². The van der Waals surface area contributed by atoms with E-state index in [-0.39, 0.29) is 11.4 Å². The van der Waals surface area contributed by atoms with Crippen molar-refractivity contribution in [1.29, 1.82) is 0 Å². The molecule has 0 unspecified atom stereocenters. The van der Waals surface area contributed by atoms with E-state index in [4.69, 9.17) is 0 Å². The van der Waals surface area contributed by atoms with E-state index < -0.39 is 17.6 Å². The Balaban J connectivity index is 1.79. The summed E-state index contributed by atoms with van der Waals surface area (Å²) in [5.41, 5.74) is 0.585. The Morgan fingerprint density at radius 1 is 1.30 bits per heavy atom. The Morgan fingerprint density at radius 2 is 2.13 bits per heavy atom. The zero-order valence-electron chi connectivity index (χ0n) is 11.4. The van der Waals surface area contributed by atoms with Crippen molar-refractivity contribution in [2.75, 3.05) is 0 Å². The number of alkyl halides is 3. The van der Waals surface area contributed by atoms with Gasteiger partial charge < -0.3 is 13.6 Å². The standard InChI is InChI=1S/C13H9F3N4O3/c14-13(15,16)12-18-11(19-23-12)9-2-4-20(10(21)5-9)3-1-8-6-17-22-7-8/h2,4-7H,1,3H2. The van der Waals surface area contributed by atoms with Crippen molar-refractivity contribution in [3.8, 4) is 11.4 Å². The minimum absolute atomic E-state index is 0.149. The molecule has 7 nitrogen and oxygen atoms in total. The molecule has 0 aliphatic heterocycles. The average Bonchev–Trinajstić information content (AvgIpc) is 3.17. The summed E-state index contributed by atoms with van der Waals surface area (Å²) in [5, 5.41) is 6.79. The Hall–Kier alpha value is -2.91. The van der Waals surface area contributed by atoms with Crippen molar-refractivity contribution in [3.05, 3.63) is 52.6 Å². The highest BCUT2D eigenvalue weighted by Gasteiger charge is 2.38. The number of rotatable bonds is 4. The van der Waals surface area contributed by atoms with E-state index in [1.807, 2.05) is 0 Å². The molecule has 0 amide bonds. The second-order valence-corrected chi connectivity index (χ2v) is 4.65. The number of hydrogen-bond donors (Lipinski definition) is 0. The smallest absolute Gasteiger partial charge is 0.364 e. The molecule has 3 heterocycles. The highest BCUT2D eigenvalue weighted by Crippen LogP contribution is 2.28. The monoisotopic (exact) mass is 326 g/mol. The number of aryl methyl sites for hydroxylation is 2. The number of hydrogen-bond acceptors (Lipinski definition) is 6. The van der Waals surface area contributed by atoms with Crippen LogP contribution in [0.1, 0.15) is 11.5 Å². The first-order valence-corrected chi connectivity index (χ1v) is 6.43. The molecule has 0 fully saturated rings. The molecule has 0 radical (unpaired) electrons. The van der Waals surface area contributed by atoms with Crippen LogP contribution in [0.3, 0.4) is 0 Å². The van der Waals surface area contributed by atoms with E-state index in [0.717, 1.165) is 11.6 Å². The summed E-state index contributed by atoms with van der Waals surface area (Å²) in [6, 6.07) is 2.60. The van der Waals surface area contributed by atoms with Crippen LogP contribution < -0.4 is 5.56 Å². The van der Waals surface area contributed by atoms with Gasteiger partial charge in [0.15, 0.2) is 0 Å². The second-order valence-electron chi connectivity index (χ2n) is 4.65. The van der Waals surface area contributed by atoms with Gasteiger partial charge in [-0.2, -0.15) is 18.2 Å². The quantitative estimate of drug-likeness (QED) is 0.730. The van der Waals surface area contributed by atoms with E-state index in [1.165, 1.54) is 29.3 Å². The molecule has 23 heavy (non-hydrogen) atoms. The number of halogens is 3. The third-order valence-electron chi connectivity index (χ3n) is 3.05. The van der Waals surface area contributed by atoms with Crippen molar-refractivity contribution in [3.63, 3.8) is 0 Å². The van der Waals surface area contributed by atoms with Crippen LogP contribution in [0.5, 0.6) is 0 Å². The van der Waals surface area contributed by atoms with E-state index in [2.05, 4.69) is 24.3 Å². The molecular weight excluding hydrogens is 317 g/mol. The topological polar surface area (TPSA) is 87.0 Å². The molecule has 0 atom stereocenters. The number of pyridine rings is 1. The second kappa shape index (κ2) is 5.71. The van der Waals surface area contributed by atoms with Crippen LogP contribution in [0.4, 0.5) is 13.2 Å². The SMILES string of the molecule is O=c1cc(-c2noc(C(F)(F)F)n2)ccn1CCc1cnoc1. The Kier molecular flexibility index (Phi) is 3.72. The van der Waals surface area contributed by atoms with Gasteiger partial charge in [0.05, 0.1) is 6.20 Å². The summed E-state index contributed by atoms with van der Waals surface area (Å²) in [7, 11) is 0. The van der Waals surface area contributed by atoms with Gasteiger partial charge in [0.1, 0.15) is 6.26 Å². The lowest BCUT2D eigenvalue weighted by Gasteiger charge is -2.04. The average molecular weight is 326 g/mol. The summed E-state index contributed by atoms with van der Waals surface area (Å²) in [6.45, 7) is 0.375. The number of aromatic nitrogens is 4. The predicted molar refractivity (Wildman–Crippen MR) is 69.2 cm³/mol. The Morgan fingerprint density at radius 3 is 2.74 bits per heavy atom. The molecular formula is C13H9F3N4O3. The molecule has 120 valence electrons. The lowest BCUT2D eigenvalue weighted by Crippen LogP contribution is -2.19. The van der Waals surface area contributed by atoms with Gasteiger partial charge in [0.25, 0.3) is 5.56 Å². The van der Waals surface area contributed by atoms with Crippen molar-refractivity contribution in [2.24, 2.45) is 0 Å². The van der Waals surface area contributed by atoms with Gasteiger partial charge in [0.2, 0.25) is 5.82 Å². The highest BCUT2D eigenvalue weighted by atomic mass is 19.4. The van der Waals surface area contributed by atoms with Gasteiger partial charge in [-0.05, 0) is 12.5 Å². The normalized spacial score (nSPS) is 11.8. The summed E-state index contributed by atoms with van der Waals surface area (Å²) in [5.74, 6) is -1.75. The summed E-state index contributed by atoms with van der Waals surface area (Å²) in [6.07, 6.45) is 0.269. The molecule has 3 aromatic rings. The Labute approximate surface area is 126 Å². The third kappa shape index (κ3) is 3.30.